The molecule has 31 heavy (non-hydrogen) atoms. The van der Waals surface area contributed by atoms with Crippen LogP contribution in [0.2, 0.25) is 0 Å². The normalized spacial score (nSPS) is 14.1. The number of unbranched alkanes of at least 4 members (excludes halogenated alkanes) is 1. The topological polar surface area (TPSA) is 78.5 Å². The number of nitrogens with one attached hydrogen (secondary N) is 2. The van der Waals surface area contributed by atoms with Crippen molar-refractivity contribution in [2.24, 2.45) is 0 Å². The van der Waals surface area contributed by atoms with Crippen LogP contribution in [0.4, 0.5) is 11.4 Å². The van der Waals surface area contributed by atoms with E-state index in [0.717, 1.165) is 45.2 Å². The lowest BCUT2D eigenvalue weighted by atomic mass is 10.1. The van der Waals surface area contributed by atoms with E-state index in [9.17, 15) is 13.2 Å². The van der Waals surface area contributed by atoms with Crippen molar-refractivity contribution in [1.82, 2.24) is 4.72 Å². The summed E-state index contributed by atoms with van der Waals surface area (Å²) in [6.45, 7) is 6.10. The standard InChI is InChI=1S/C24H33N3O3S/c1-3-5-8-19-9-12-21(13-10-19)26-24(28)20-11-14-22(27-16-6-7-17-27)23(18-20)31(29,30)25-15-4-2/h9-14,18,25H,3-8,15-17H2,1-2H3,(H,26,28). The zero-order chi connectivity index (χ0) is 22.3. The van der Waals surface area contributed by atoms with Crippen LogP contribution in [0.5, 0.6) is 0 Å². The SMILES string of the molecule is CCCCc1ccc(NC(=O)c2ccc(N3CCCC3)c(S(=O)(=O)NCCC)c2)cc1. The maximum Gasteiger partial charge on any atom is 0.255 e. The third kappa shape index (κ3) is 6.08. The monoisotopic (exact) mass is 443 g/mol. The molecule has 0 aromatic heterocycles. The van der Waals surface area contributed by atoms with Crippen LogP contribution in [0.3, 0.4) is 0 Å². The highest BCUT2D eigenvalue weighted by molar-refractivity contribution is 7.89. The molecule has 1 amide bonds. The van der Waals surface area contributed by atoms with Crippen LogP contribution < -0.4 is 14.9 Å². The Morgan fingerprint density at radius 3 is 2.35 bits per heavy atom. The average Bonchev–Trinajstić information content (AvgIpc) is 3.31. The number of aryl methyl sites for hydroxylation is 1. The Kier molecular flexibility index (Phi) is 8.09. The molecule has 0 aliphatic carbocycles. The van der Waals surface area contributed by atoms with Gasteiger partial charge >= 0.3 is 0 Å². The van der Waals surface area contributed by atoms with Crippen molar-refractivity contribution in [2.75, 3.05) is 29.9 Å². The number of hydrogen-bond donors (Lipinski definition) is 2. The highest BCUT2D eigenvalue weighted by Crippen LogP contribution is 2.29. The summed E-state index contributed by atoms with van der Waals surface area (Å²) < 4.78 is 28.6. The molecule has 3 rings (SSSR count). The van der Waals surface area contributed by atoms with Crippen molar-refractivity contribution in [3.8, 4) is 0 Å². The number of carbonyl (C=O) groups excluding carboxylic acids is 1. The molecule has 168 valence electrons. The molecule has 1 fully saturated rings. The van der Waals surface area contributed by atoms with Crippen molar-refractivity contribution < 1.29 is 13.2 Å². The van der Waals surface area contributed by atoms with E-state index in [1.54, 1.807) is 12.1 Å². The third-order valence-electron chi connectivity index (χ3n) is 5.53. The zero-order valence-electron chi connectivity index (χ0n) is 18.5. The Morgan fingerprint density at radius 2 is 1.71 bits per heavy atom. The fraction of sp³-hybridized carbons (Fsp3) is 0.458. The summed E-state index contributed by atoms with van der Waals surface area (Å²) >= 11 is 0. The zero-order valence-corrected chi connectivity index (χ0v) is 19.3. The van der Waals surface area contributed by atoms with Crippen molar-refractivity contribution in [3.05, 3.63) is 53.6 Å². The number of carbonyl (C=O) groups is 1. The second kappa shape index (κ2) is 10.8. The van der Waals surface area contributed by atoms with Gasteiger partial charge in [-0.3, -0.25) is 4.79 Å². The number of sulfonamides is 1. The number of amides is 1. The van der Waals surface area contributed by atoms with Gasteiger partial charge in [-0.05, 0) is 68.0 Å². The number of nitrogens with zero attached hydrogens (tertiary/aromatic N) is 1. The van der Waals surface area contributed by atoms with E-state index >= 15 is 0 Å². The molecule has 2 aromatic rings. The van der Waals surface area contributed by atoms with Gasteiger partial charge in [0.25, 0.3) is 5.91 Å². The van der Waals surface area contributed by atoms with E-state index in [4.69, 9.17) is 0 Å². The van der Waals surface area contributed by atoms with Crippen LogP contribution in [0.1, 0.15) is 61.9 Å². The average molecular weight is 444 g/mol. The highest BCUT2D eigenvalue weighted by atomic mass is 32.2. The van der Waals surface area contributed by atoms with Crippen LogP contribution in [-0.2, 0) is 16.4 Å². The summed E-state index contributed by atoms with van der Waals surface area (Å²) in [7, 11) is -3.71. The first-order valence-corrected chi connectivity index (χ1v) is 12.7. The van der Waals surface area contributed by atoms with Gasteiger partial charge < -0.3 is 10.2 Å². The second-order valence-corrected chi connectivity index (χ2v) is 9.76. The van der Waals surface area contributed by atoms with Crippen LogP contribution in [0.25, 0.3) is 0 Å². The Labute approximate surface area is 186 Å². The lowest BCUT2D eigenvalue weighted by Crippen LogP contribution is -2.28. The lowest BCUT2D eigenvalue weighted by molar-refractivity contribution is 0.102. The molecule has 1 heterocycles. The van der Waals surface area contributed by atoms with E-state index < -0.39 is 10.0 Å². The Bertz CT molecular complexity index is 982. The maximum absolute atomic E-state index is 13.0. The van der Waals surface area contributed by atoms with E-state index in [1.807, 2.05) is 31.2 Å². The first-order valence-electron chi connectivity index (χ1n) is 11.2. The number of benzene rings is 2. The molecular formula is C24H33N3O3S. The minimum atomic E-state index is -3.71. The Morgan fingerprint density at radius 1 is 1.00 bits per heavy atom. The molecule has 2 N–H and O–H groups in total. The summed E-state index contributed by atoms with van der Waals surface area (Å²) in [4.78, 5) is 15.1. The number of hydrogen-bond acceptors (Lipinski definition) is 4. The summed E-state index contributed by atoms with van der Waals surface area (Å²) in [5.41, 5.74) is 2.93. The maximum atomic E-state index is 13.0. The molecule has 0 spiro atoms. The van der Waals surface area contributed by atoms with Crippen molar-refractivity contribution in [3.63, 3.8) is 0 Å². The van der Waals surface area contributed by atoms with E-state index in [0.29, 0.717) is 29.9 Å². The summed E-state index contributed by atoms with van der Waals surface area (Å²) in [6.07, 6.45) is 6.08. The molecule has 0 bridgehead atoms. The van der Waals surface area contributed by atoms with Crippen LogP contribution in [-0.4, -0.2) is 34.0 Å². The van der Waals surface area contributed by atoms with Gasteiger partial charge in [0.2, 0.25) is 10.0 Å². The first-order chi connectivity index (χ1) is 14.9. The van der Waals surface area contributed by atoms with E-state index in [1.165, 1.54) is 11.6 Å². The predicted octanol–water partition coefficient (Wildman–Crippen LogP) is 4.57. The molecule has 2 aromatic carbocycles. The summed E-state index contributed by atoms with van der Waals surface area (Å²) in [6, 6.07) is 12.8. The molecule has 0 unspecified atom stereocenters. The minimum absolute atomic E-state index is 0.172. The van der Waals surface area contributed by atoms with Crippen molar-refractivity contribution >= 4 is 27.3 Å². The Hall–Kier alpha value is -2.38. The van der Waals surface area contributed by atoms with Crippen molar-refractivity contribution in [1.29, 1.82) is 0 Å². The molecule has 1 aliphatic rings. The summed E-state index contributed by atoms with van der Waals surface area (Å²) in [5, 5.41) is 2.88. The predicted molar refractivity (Wildman–Crippen MR) is 126 cm³/mol. The fourth-order valence-electron chi connectivity index (χ4n) is 3.74. The summed E-state index contributed by atoms with van der Waals surface area (Å²) in [5.74, 6) is -0.318. The Balaban J connectivity index is 1.83. The quantitative estimate of drug-likeness (QED) is 0.564. The van der Waals surface area contributed by atoms with Gasteiger partial charge in [-0.1, -0.05) is 32.4 Å². The van der Waals surface area contributed by atoms with Crippen LogP contribution in [0.15, 0.2) is 47.4 Å². The minimum Gasteiger partial charge on any atom is -0.370 e. The van der Waals surface area contributed by atoms with Crippen molar-refractivity contribution in [2.45, 2.75) is 57.3 Å². The van der Waals surface area contributed by atoms with Gasteiger partial charge in [-0.25, -0.2) is 13.1 Å². The molecule has 6 nitrogen and oxygen atoms in total. The smallest absolute Gasteiger partial charge is 0.255 e. The number of rotatable bonds is 10. The van der Waals surface area contributed by atoms with Crippen LogP contribution in [0, 0.1) is 0 Å². The molecule has 0 atom stereocenters. The van der Waals surface area contributed by atoms with E-state index in [-0.39, 0.29) is 10.8 Å². The molecule has 0 saturated carbocycles. The van der Waals surface area contributed by atoms with Gasteiger partial charge in [-0.2, -0.15) is 0 Å². The van der Waals surface area contributed by atoms with Gasteiger partial charge in [0.05, 0.1) is 5.69 Å². The highest BCUT2D eigenvalue weighted by Gasteiger charge is 2.25. The lowest BCUT2D eigenvalue weighted by Gasteiger charge is -2.22. The van der Waals surface area contributed by atoms with Gasteiger partial charge in [-0.15, -0.1) is 0 Å². The van der Waals surface area contributed by atoms with Gasteiger partial charge in [0.1, 0.15) is 4.90 Å². The van der Waals surface area contributed by atoms with Crippen LogP contribution >= 0.6 is 0 Å². The largest absolute Gasteiger partial charge is 0.370 e. The molecule has 7 heteroatoms. The van der Waals surface area contributed by atoms with E-state index in [2.05, 4.69) is 21.9 Å². The second-order valence-electron chi connectivity index (χ2n) is 8.03. The van der Waals surface area contributed by atoms with Gasteiger partial charge in [0, 0.05) is 30.9 Å². The fourth-order valence-corrected chi connectivity index (χ4v) is 5.13. The molecule has 0 radical (unpaired) electrons. The first kappa shape index (κ1) is 23.3. The molecule has 1 aliphatic heterocycles. The molecular weight excluding hydrogens is 410 g/mol. The molecule has 1 saturated heterocycles. The third-order valence-corrected chi connectivity index (χ3v) is 7.02. The van der Waals surface area contributed by atoms with Gasteiger partial charge in [0.15, 0.2) is 0 Å². The number of anilines is 2.